The highest BCUT2D eigenvalue weighted by Gasteiger charge is 2.24. The zero-order valence-electron chi connectivity index (χ0n) is 13.8. The molecule has 2 rings (SSSR count). The Hall–Kier alpha value is -1.60. The van der Waals surface area contributed by atoms with E-state index in [1.54, 1.807) is 38.1 Å². The standard InChI is InChI=1S/C17H18Cl2N2O3S/c1-3-21(4-2)25(23,24)12-9-10-14(18)13(11-12)17(22)20-16-8-6-5-7-15(16)19/h5-11H,3-4H2,1-2H3,(H,20,22). The van der Waals surface area contributed by atoms with Crippen LogP contribution in [0.1, 0.15) is 24.2 Å². The Morgan fingerprint density at radius 3 is 2.28 bits per heavy atom. The normalized spacial score (nSPS) is 11.6. The molecule has 1 N–H and O–H groups in total. The smallest absolute Gasteiger partial charge is 0.257 e. The molecule has 1 amide bonds. The molecule has 0 saturated heterocycles. The predicted molar refractivity (Wildman–Crippen MR) is 101 cm³/mol. The zero-order valence-corrected chi connectivity index (χ0v) is 16.1. The Morgan fingerprint density at radius 1 is 1.04 bits per heavy atom. The largest absolute Gasteiger partial charge is 0.321 e. The lowest BCUT2D eigenvalue weighted by Gasteiger charge is -2.19. The van der Waals surface area contributed by atoms with Crippen LogP contribution in [0.5, 0.6) is 0 Å². The summed E-state index contributed by atoms with van der Waals surface area (Å²) < 4.78 is 26.6. The number of nitrogens with one attached hydrogen (secondary N) is 1. The quantitative estimate of drug-likeness (QED) is 0.786. The van der Waals surface area contributed by atoms with E-state index in [9.17, 15) is 13.2 Å². The van der Waals surface area contributed by atoms with Crippen molar-refractivity contribution in [3.8, 4) is 0 Å². The number of hydrogen-bond donors (Lipinski definition) is 1. The lowest BCUT2D eigenvalue weighted by Crippen LogP contribution is -2.30. The van der Waals surface area contributed by atoms with Crippen LogP contribution in [-0.4, -0.2) is 31.7 Å². The zero-order chi connectivity index (χ0) is 18.6. The molecule has 0 fully saturated rings. The minimum atomic E-state index is -3.69. The number of anilines is 1. The Labute approximate surface area is 157 Å². The summed E-state index contributed by atoms with van der Waals surface area (Å²) in [4.78, 5) is 12.5. The van der Waals surface area contributed by atoms with Gasteiger partial charge in [-0.05, 0) is 30.3 Å². The Kier molecular flexibility index (Phi) is 6.46. The van der Waals surface area contributed by atoms with Gasteiger partial charge < -0.3 is 5.32 Å². The van der Waals surface area contributed by atoms with Crippen molar-refractivity contribution < 1.29 is 13.2 Å². The average molecular weight is 401 g/mol. The van der Waals surface area contributed by atoms with Crippen molar-refractivity contribution in [2.24, 2.45) is 0 Å². The van der Waals surface area contributed by atoms with Gasteiger partial charge in [-0.3, -0.25) is 4.79 Å². The Bertz CT molecular complexity index is 881. The van der Waals surface area contributed by atoms with E-state index in [4.69, 9.17) is 23.2 Å². The van der Waals surface area contributed by atoms with Gasteiger partial charge in [-0.15, -0.1) is 0 Å². The van der Waals surface area contributed by atoms with Crippen molar-refractivity contribution in [2.75, 3.05) is 18.4 Å². The Morgan fingerprint density at radius 2 is 1.68 bits per heavy atom. The first kappa shape index (κ1) is 19.7. The van der Waals surface area contributed by atoms with Crippen molar-refractivity contribution in [3.63, 3.8) is 0 Å². The molecule has 0 unspecified atom stereocenters. The molecule has 0 saturated carbocycles. The second-order valence-corrected chi connectivity index (χ2v) is 7.92. The van der Waals surface area contributed by atoms with Gasteiger partial charge in [-0.2, -0.15) is 4.31 Å². The van der Waals surface area contributed by atoms with Crippen LogP contribution in [0.3, 0.4) is 0 Å². The second-order valence-electron chi connectivity index (χ2n) is 5.16. The summed E-state index contributed by atoms with van der Waals surface area (Å²) in [6.45, 7) is 4.18. The fraction of sp³-hybridized carbons (Fsp3) is 0.235. The number of carbonyl (C=O) groups is 1. The van der Waals surface area contributed by atoms with Crippen LogP contribution in [0.15, 0.2) is 47.4 Å². The summed E-state index contributed by atoms with van der Waals surface area (Å²) >= 11 is 12.1. The van der Waals surface area contributed by atoms with Gasteiger partial charge in [0.1, 0.15) is 0 Å². The van der Waals surface area contributed by atoms with Gasteiger partial charge in [-0.25, -0.2) is 8.42 Å². The first-order valence-electron chi connectivity index (χ1n) is 7.66. The molecule has 2 aromatic rings. The first-order chi connectivity index (χ1) is 11.8. The fourth-order valence-corrected chi connectivity index (χ4v) is 4.17. The number of carbonyl (C=O) groups excluding carboxylic acids is 1. The van der Waals surface area contributed by atoms with E-state index in [0.717, 1.165) is 0 Å². The molecule has 25 heavy (non-hydrogen) atoms. The summed E-state index contributed by atoms with van der Waals surface area (Å²) in [5, 5.41) is 3.17. The maximum Gasteiger partial charge on any atom is 0.257 e. The molecule has 0 radical (unpaired) electrons. The molecular weight excluding hydrogens is 383 g/mol. The number of amides is 1. The summed E-state index contributed by atoms with van der Waals surface area (Å²) in [5.41, 5.74) is 0.483. The van der Waals surface area contributed by atoms with Crippen LogP contribution < -0.4 is 5.32 Å². The number of hydrogen-bond acceptors (Lipinski definition) is 3. The van der Waals surface area contributed by atoms with Crippen molar-refractivity contribution >= 4 is 44.8 Å². The SMILES string of the molecule is CCN(CC)S(=O)(=O)c1ccc(Cl)c(C(=O)Nc2ccccc2Cl)c1. The topological polar surface area (TPSA) is 66.5 Å². The molecule has 0 aliphatic heterocycles. The van der Waals surface area contributed by atoms with E-state index in [1.807, 2.05) is 0 Å². The molecule has 134 valence electrons. The average Bonchev–Trinajstić information content (AvgIpc) is 2.58. The highest BCUT2D eigenvalue weighted by Crippen LogP contribution is 2.26. The summed E-state index contributed by atoms with van der Waals surface area (Å²) in [7, 11) is -3.69. The van der Waals surface area contributed by atoms with E-state index in [2.05, 4.69) is 5.32 Å². The van der Waals surface area contributed by atoms with E-state index >= 15 is 0 Å². The molecule has 0 aromatic heterocycles. The predicted octanol–water partition coefficient (Wildman–Crippen LogP) is 4.28. The minimum Gasteiger partial charge on any atom is -0.321 e. The summed E-state index contributed by atoms with van der Waals surface area (Å²) in [6, 6.07) is 10.8. The molecule has 5 nitrogen and oxygen atoms in total. The molecule has 0 aliphatic rings. The maximum atomic E-state index is 12.6. The first-order valence-corrected chi connectivity index (χ1v) is 9.86. The highest BCUT2D eigenvalue weighted by atomic mass is 35.5. The molecule has 0 heterocycles. The molecule has 0 spiro atoms. The lowest BCUT2D eigenvalue weighted by atomic mass is 10.2. The second kappa shape index (κ2) is 8.19. The van der Waals surface area contributed by atoms with Crippen LogP contribution in [0.25, 0.3) is 0 Å². The van der Waals surface area contributed by atoms with Crippen LogP contribution in [0.4, 0.5) is 5.69 Å². The van der Waals surface area contributed by atoms with Crippen molar-refractivity contribution in [1.82, 2.24) is 4.31 Å². The van der Waals surface area contributed by atoms with Crippen molar-refractivity contribution in [3.05, 3.63) is 58.1 Å². The molecule has 0 aliphatic carbocycles. The Balaban J connectivity index is 2.39. The van der Waals surface area contributed by atoms with E-state index < -0.39 is 15.9 Å². The van der Waals surface area contributed by atoms with Crippen LogP contribution in [0, 0.1) is 0 Å². The number of halogens is 2. The number of sulfonamides is 1. The summed E-state index contributed by atoms with van der Waals surface area (Å²) in [5.74, 6) is -0.533. The number of benzene rings is 2. The summed E-state index contributed by atoms with van der Waals surface area (Å²) in [6.07, 6.45) is 0. The van der Waals surface area contributed by atoms with Crippen molar-refractivity contribution in [1.29, 1.82) is 0 Å². The molecule has 0 bridgehead atoms. The molecule has 2 aromatic carbocycles. The molecule has 8 heteroatoms. The van der Waals surface area contributed by atoms with Gasteiger partial charge in [0.15, 0.2) is 0 Å². The fourth-order valence-electron chi connectivity index (χ4n) is 2.30. The highest BCUT2D eigenvalue weighted by molar-refractivity contribution is 7.89. The molecular formula is C17H18Cl2N2O3S. The van der Waals surface area contributed by atoms with Gasteiger partial charge in [0, 0.05) is 13.1 Å². The van der Waals surface area contributed by atoms with E-state index in [0.29, 0.717) is 23.8 Å². The number of para-hydroxylation sites is 1. The van der Waals surface area contributed by atoms with Gasteiger partial charge in [0.2, 0.25) is 10.0 Å². The van der Waals surface area contributed by atoms with Gasteiger partial charge >= 0.3 is 0 Å². The minimum absolute atomic E-state index is 0.0184. The number of rotatable bonds is 6. The monoisotopic (exact) mass is 400 g/mol. The van der Waals surface area contributed by atoms with Gasteiger partial charge in [0.25, 0.3) is 5.91 Å². The third-order valence-electron chi connectivity index (χ3n) is 3.65. The van der Waals surface area contributed by atoms with Crippen LogP contribution in [0.2, 0.25) is 10.0 Å². The van der Waals surface area contributed by atoms with E-state index in [-0.39, 0.29) is 15.5 Å². The van der Waals surface area contributed by atoms with Crippen LogP contribution in [-0.2, 0) is 10.0 Å². The number of nitrogens with zero attached hydrogens (tertiary/aromatic N) is 1. The van der Waals surface area contributed by atoms with E-state index in [1.165, 1.54) is 22.5 Å². The van der Waals surface area contributed by atoms with Crippen LogP contribution >= 0.6 is 23.2 Å². The maximum absolute atomic E-state index is 12.6. The lowest BCUT2D eigenvalue weighted by molar-refractivity contribution is 0.102. The third-order valence-corrected chi connectivity index (χ3v) is 6.35. The third kappa shape index (κ3) is 4.33. The van der Waals surface area contributed by atoms with Gasteiger partial charge in [-0.1, -0.05) is 49.2 Å². The van der Waals surface area contributed by atoms with Gasteiger partial charge in [0.05, 0.1) is 26.2 Å². The van der Waals surface area contributed by atoms with Crippen molar-refractivity contribution in [2.45, 2.75) is 18.7 Å². The molecule has 0 atom stereocenters.